The number of nitrogens with zero attached hydrogens (tertiary/aromatic N) is 2. The minimum Gasteiger partial charge on any atom is -0.446 e. The van der Waals surface area contributed by atoms with Crippen LogP contribution in [0.2, 0.25) is 0 Å². The summed E-state index contributed by atoms with van der Waals surface area (Å²) in [6.45, 7) is 1.24. The zero-order valence-electron chi connectivity index (χ0n) is 14.1. The normalized spacial score (nSPS) is 20.7. The van der Waals surface area contributed by atoms with Gasteiger partial charge in [-0.2, -0.15) is 0 Å². The fourth-order valence-corrected chi connectivity index (χ4v) is 3.98. The Morgan fingerprint density at radius 2 is 2.04 bits per heavy atom. The zero-order valence-corrected chi connectivity index (χ0v) is 14.1. The van der Waals surface area contributed by atoms with Gasteiger partial charge in [0, 0.05) is 5.69 Å². The number of carbonyl (C=O) groups is 1. The molecule has 0 saturated heterocycles. The molecule has 4 rings (SSSR count). The number of aliphatic imine (C=N–C) groups is 1. The van der Waals surface area contributed by atoms with Gasteiger partial charge in [-0.15, -0.1) is 0 Å². The maximum absolute atomic E-state index is 12.5. The minimum absolute atomic E-state index is 0.0778. The van der Waals surface area contributed by atoms with E-state index >= 15 is 0 Å². The van der Waals surface area contributed by atoms with Gasteiger partial charge in [-0.3, -0.25) is 4.99 Å². The average Bonchev–Trinajstić information content (AvgIpc) is 3.25. The van der Waals surface area contributed by atoms with Gasteiger partial charge < -0.3 is 10.1 Å². The molecule has 1 N–H and O–H groups in total. The van der Waals surface area contributed by atoms with Crippen molar-refractivity contribution in [3.8, 4) is 0 Å². The number of rotatable bonds is 2. The van der Waals surface area contributed by atoms with Gasteiger partial charge in [0.2, 0.25) is 5.96 Å². The van der Waals surface area contributed by atoms with Crippen LogP contribution in [0.25, 0.3) is 0 Å². The van der Waals surface area contributed by atoms with Crippen LogP contribution >= 0.6 is 0 Å². The summed E-state index contributed by atoms with van der Waals surface area (Å²) in [6, 6.07) is 6.35. The van der Waals surface area contributed by atoms with Crippen molar-refractivity contribution in [3.05, 3.63) is 29.3 Å². The standard InChI is InChI=1S/C19H25N3O2/c23-19(24-15-8-2-1-3-9-15)22-13-12-20-18(22)21-17-11-5-7-14-6-4-10-16(14)17/h5,7,11,15H,1-4,6,8-10,12-13H2,(H,20,21). The molecule has 128 valence electrons. The Labute approximate surface area is 143 Å². The highest BCUT2D eigenvalue weighted by Crippen LogP contribution is 2.29. The highest BCUT2D eigenvalue weighted by molar-refractivity contribution is 6.03. The highest BCUT2D eigenvalue weighted by Gasteiger charge is 2.29. The predicted molar refractivity (Wildman–Crippen MR) is 94.5 cm³/mol. The molecule has 1 amide bonds. The van der Waals surface area contributed by atoms with Crippen LogP contribution < -0.4 is 5.32 Å². The largest absolute Gasteiger partial charge is 0.446 e. The summed E-state index contributed by atoms with van der Waals surface area (Å²) in [5, 5.41) is 3.38. The lowest BCUT2D eigenvalue weighted by Gasteiger charge is -2.26. The van der Waals surface area contributed by atoms with Gasteiger partial charge >= 0.3 is 6.09 Å². The molecule has 24 heavy (non-hydrogen) atoms. The first kappa shape index (κ1) is 15.5. The maximum atomic E-state index is 12.5. The monoisotopic (exact) mass is 327 g/mol. The van der Waals surface area contributed by atoms with E-state index in [0.717, 1.165) is 44.2 Å². The SMILES string of the molecule is O=C(OC1CCCCC1)N1CCN=C1Nc1cccc2c1CCC2. The Balaban J connectivity index is 1.43. The molecule has 1 aromatic carbocycles. The molecule has 3 aliphatic rings. The number of ether oxygens (including phenoxy) is 1. The van der Waals surface area contributed by atoms with Gasteiger partial charge in [0.05, 0.1) is 13.1 Å². The lowest BCUT2D eigenvalue weighted by atomic mass is 9.98. The Hall–Kier alpha value is -2.04. The molecule has 0 spiro atoms. The van der Waals surface area contributed by atoms with E-state index in [1.54, 1.807) is 4.90 Å². The van der Waals surface area contributed by atoms with Crippen molar-refractivity contribution in [1.82, 2.24) is 4.90 Å². The molecule has 2 aliphatic carbocycles. The summed E-state index contributed by atoms with van der Waals surface area (Å²) >= 11 is 0. The molecule has 5 heteroatoms. The average molecular weight is 327 g/mol. The second kappa shape index (κ2) is 6.83. The first-order chi connectivity index (χ1) is 11.8. The third-order valence-corrected chi connectivity index (χ3v) is 5.27. The molecule has 1 saturated carbocycles. The summed E-state index contributed by atoms with van der Waals surface area (Å²) in [7, 11) is 0. The molecule has 1 fully saturated rings. The van der Waals surface area contributed by atoms with Gasteiger partial charge in [-0.25, -0.2) is 9.69 Å². The summed E-state index contributed by atoms with van der Waals surface area (Å²) in [5.74, 6) is 0.635. The van der Waals surface area contributed by atoms with Crippen molar-refractivity contribution >= 4 is 17.7 Å². The Morgan fingerprint density at radius 1 is 1.17 bits per heavy atom. The van der Waals surface area contributed by atoms with Crippen LogP contribution in [0.3, 0.4) is 0 Å². The van der Waals surface area contributed by atoms with Crippen LogP contribution in [-0.2, 0) is 17.6 Å². The van der Waals surface area contributed by atoms with Crippen molar-refractivity contribution in [1.29, 1.82) is 0 Å². The Morgan fingerprint density at radius 3 is 2.92 bits per heavy atom. The molecule has 0 bridgehead atoms. The van der Waals surface area contributed by atoms with Crippen molar-refractivity contribution in [2.75, 3.05) is 18.4 Å². The van der Waals surface area contributed by atoms with Crippen LogP contribution in [0.1, 0.15) is 49.7 Å². The lowest BCUT2D eigenvalue weighted by Crippen LogP contribution is -2.40. The molecule has 1 heterocycles. The third kappa shape index (κ3) is 3.12. The number of carbonyl (C=O) groups excluding carboxylic acids is 1. The van der Waals surface area contributed by atoms with E-state index in [-0.39, 0.29) is 12.2 Å². The van der Waals surface area contributed by atoms with Crippen LogP contribution in [-0.4, -0.2) is 36.1 Å². The molecule has 1 aliphatic heterocycles. The number of aryl methyl sites for hydroxylation is 1. The van der Waals surface area contributed by atoms with Crippen molar-refractivity contribution < 1.29 is 9.53 Å². The Bertz CT molecular complexity index is 650. The molecule has 0 atom stereocenters. The number of anilines is 1. The van der Waals surface area contributed by atoms with Crippen molar-refractivity contribution in [2.45, 2.75) is 57.5 Å². The second-order valence-electron chi connectivity index (χ2n) is 6.92. The summed E-state index contributed by atoms with van der Waals surface area (Å²) < 4.78 is 5.70. The van der Waals surface area contributed by atoms with Crippen LogP contribution in [0, 0.1) is 0 Å². The third-order valence-electron chi connectivity index (χ3n) is 5.27. The fraction of sp³-hybridized carbons (Fsp3) is 0.579. The Kier molecular flexibility index (Phi) is 4.41. The van der Waals surface area contributed by atoms with E-state index in [1.165, 1.54) is 24.0 Å². The molecule has 0 radical (unpaired) electrons. The summed E-state index contributed by atoms with van der Waals surface area (Å²) in [4.78, 5) is 18.7. The molecule has 5 nitrogen and oxygen atoms in total. The maximum Gasteiger partial charge on any atom is 0.416 e. The topological polar surface area (TPSA) is 53.9 Å². The first-order valence-electron chi connectivity index (χ1n) is 9.21. The van der Waals surface area contributed by atoms with Crippen molar-refractivity contribution in [2.24, 2.45) is 4.99 Å². The van der Waals surface area contributed by atoms with Gasteiger partial charge in [0.25, 0.3) is 0 Å². The first-order valence-corrected chi connectivity index (χ1v) is 9.21. The van der Waals surface area contributed by atoms with Crippen LogP contribution in [0.5, 0.6) is 0 Å². The number of hydrogen-bond acceptors (Lipinski definition) is 4. The van der Waals surface area contributed by atoms with Crippen LogP contribution in [0.4, 0.5) is 10.5 Å². The lowest BCUT2D eigenvalue weighted by molar-refractivity contribution is 0.0604. The predicted octanol–water partition coefficient (Wildman–Crippen LogP) is 3.73. The van der Waals surface area contributed by atoms with Gasteiger partial charge in [-0.05, 0) is 62.1 Å². The van der Waals surface area contributed by atoms with E-state index in [2.05, 4.69) is 28.5 Å². The fourth-order valence-electron chi connectivity index (χ4n) is 3.98. The molecular weight excluding hydrogens is 302 g/mol. The summed E-state index contributed by atoms with van der Waals surface area (Å²) in [6.07, 6.45) is 8.83. The van der Waals surface area contributed by atoms with E-state index in [4.69, 9.17) is 4.74 Å². The highest BCUT2D eigenvalue weighted by atomic mass is 16.6. The van der Waals surface area contributed by atoms with Crippen LogP contribution in [0.15, 0.2) is 23.2 Å². The molecule has 1 aromatic rings. The van der Waals surface area contributed by atoms with E-state index in [9.17, 15) is 4.79 Å². The number of guanidine groups is 1. The molecular formula is C19H25N3O2. The van der Waals surface area contributed by atoms with E-state index in [0.29, 0.717) is 19.0 Å². The number of amides is 1. The molecule has 0 aromatic heterocycles. The number of benzene rings is 1. The zero-order chi connectivity index (χ0) is 16.4. The van der Waals surface area contributed by atoms with Gasteiger partial charge in [0.1, 0.15) is 6.10 Å². The van der Waals surface area contributed by atoms with E-state index in [1.807, 2.05) is 0 Å². The number of fused-ring (bicyclic) bond motifs is 1. The van der Waals surface area contributed by atoms with E-state index < -0.39 is 0 Å². The van der Waals surface area contributed by atoms with Gasteiger partial charge in [0.15, 0.2) is 0 Å². The second-order valence-corrected chi connectivity index (χ2v) is 6.92. The quantitative estimate of drug-likeness (QED) is 0.900. The number of hydrogen-bond donors (Lipinski definition) is 1. The minimum atomic E-state index is -0.252. The smallest absolute Gasteiger partial charge is 0.416 e. The van der Waals surface area contributed by atoms with Gasteiger partial charge in [-0.1, -0.05) is 18.6 Å². The number of nitrogens with one attached hydrogen (secondary N) is 1. The summed E-state index contributed by atoms with van der Waals surface area (Å²) in [5.41, 5.74) is 3.86. The van der Waals surface area contributed by atoms with Crippen molar-refractivity contribution in [3.63, 3.8) is 0 Å². The molecule has 0 unspecified atom stereocenters.